The first-order valence-corrected chi connectivity index (χ1v) is 10.6. The van der Waals surface area contributed by atoms with Crippen LogP contribution in [0.15, 0.2) is 60.0 Å². The zero-order valence-electron chi connectivity index (χ0n) is 17.4. The number of nitrogens with one attached hydrogen (secondary N) is 2. The number of aromatic nitrogens is 2. The van der Waals surface area contributed by atoms with Gasteiger partial charge in [-0.3, -0.25) is 25.0 Å². The molecule has 0 saturated heterocycles. The fraction of sp³-hybridized carbons (Fsp3) is 0.227. The van der Waals surface area contributed by atoms with E-state index in [0.717, 1.165) is 16.8 Å². The molecule has 2 aromatic carbocycles. The molecule has 0 aliphatic rings. The van der Waals surface area contributed by atoms with Crippen molar-refractivity contribution in [1.82, 2.24) is 20.4 Å². The molecule has 2 N–H and O–H groups in total. The van der Waals surface area contributed by atoms with Crippen LogP contribution in [-0.2, 0) is 9.59 Å². The topological polar surface area (TPSA) is 85.3 Å². The molecule has 9 heteroatoms. The smallest absolute Gasteiger partial charge is 0.279 e. The molecule has 1 unspecified atom stereocenters. The highest BCUT2D eigenvalue weighted by atomic mass is 32.2. The van der Waals surface area contributed by atoms with E-state index in [1.807, 2.05) is 36.7 Å². The maximum atomic E-state index is 13.6. The summed E-state index contributed by atoms with van der Waals surface area (Å²) in [6.45, 7) is 5.50. The van der Waals surface area contributed by atoms with Crippen LogP contribution < -0.4 is 15.6 Å². The number of imidazole rings is 1. The molecule has 1 heterocycles. The van der Waals surface area contributed by atoms with Crippen LogP contribution in [0.1, 0.15) is 18.1 Å². The first-order valence-electron chi connectivity index (χ1n) is 9.58. The van der Waals surface area contributed by atoms with Gasteiger partial charge in [0.15, 0.2) is 22.8 Å². The van der Waals surface area contributed by atoms with Crippen LogP contribution in [0.2, 0.25) is 0 Å². The summed E-state index contributed by atoms with van der Waals surface area (Å²) in [5.74, 6) is -1.57. The minimum Gasteiger partial charge on any atom is -0.478 e. The van der Waals surface area contributed by atoms with E-state index in [0.29, 0.717) is 5.16 Å². The van der Waals surface area contributed by atoms with Gasteiger partial charge in [0.2, 0.25) is 5.91 Å². The van der Waals surface area contributed by atoms with Gasteiger partial charge in [0.1, 0.15) is 0 Å². The summed E-state index contributed by atoms with van der Waals surface area (Å²) in [4.78, 5) is 28.6. The highest BCUT2D eigenvalue weighted by Crippen LogP contribution is 2.22. The number of nitrogens with zero attached hydrogens (tertiary/aromatic N) is 2. The van der Waals surface area contributed by atoms with Gasteiger partial charge in [-0.2, -0.15) is 0 Å². The molecule has 0 fully saturated rings. The van der Waals surface area contributed by atoms with Crippen LogP contribution in [0.5, 0.6) is 5.75 Å². The van der Waals surface area contributed by atoms with Gasteiger partial charge >= 0.3 is 0 Å². The Bertz CT molecular complexity index is 1070. The molecule has 3 aromatic rings. The molecule has 0 bridgehead atoms. The summed E-state index contributed by atoms with van der Waals surface area (Å²) in [5.41, 5.74) is 7.85. The van der Waals surface area contributed by atoms with Crippen molar-refractivity contribution in [2.75, 3.05) is 5.75 Å². The van der Waals surface area contributed by atoms with Crippen LogP contribution in [0.3, 0.4) is 0 Å². The van der Waals surface area contributed by atoms with E-state index in [1.54, 1.807) is 12.3 Å². The number of benzene rings is 2. The second-order valence-electron chi connectivity index (χ2n) is 6.94. The van der Waals surface area contributed by atoms with Crippen molar-refractivity contribution < 1.29 is 18.7 Å². The highest BCUT2D eigenvalue weighted by Gasteiger charge is 2.17. The third-order valence-electron chi connectivity index (χ3n) is 4.26. The molecule has 0 spiro atoms. The summed E-state index contributed by atoms with van der Waals surface area (Å²) in [7, 11) is 0. The number of hydrogen-bond donors (Lipinski definition) is 2. The van der Waals surface area contributed by atoms with Gasteiger partial charge in [0.25, 0.3) is 5.91 Å². The van der Waals surface area contributed by atoms with E-state index in [9.17, 15) is 14.0 Å². The van der Waals surface area contributed by atoms with Crippen molar-refractivity contribution in [3.63, 3.8) is 0 Å². The second kappa shape index (κ2) is 10.1. The lowest BCUT2D eigenvalue weighted by Crippen LogP contribution is -2.47. The first-order chi connectivity index (χ1) is 14.8. The highest BCUT2D eigenvalue weighted by molar-refractivity contribution is 7.99. The first kappa shape index (κ1) is 22.4. The molecule has 7 nitrogen and oxygen atoms in total. The van der Waals surface area contributed by atoms with Crippen molar-refractivity contribution in [2.24, 2.45) is 0 Å². The van der Waals surface area contributed by atoms with E-state index >= 15 is 0 Å². The number of hydrazine groups is 1. The van der Waals surface area contributed by atoms with Gasteiger partial charge in [-0.1, -0.05) is 30.0 Å². The molecule has 2 amide bonds. The maximum Gasteiger partial charge on any atom is 0.279 e. The predicted octanol–water partition coefficient (Wildman–Crippen LogP) is 3.34. The Kier molecular flexibility index (Phi) is 7.30. The Morgan fingerprint density at radius 2 is 1.87 bits per heavy atom. The van der Waals surface area contributed by atoms with E-state index in [-0.39, 0.29) is 11.5 Å². The number of aryl methyl sites for hydroxylation is 2. The number of ether oxygens (including phenoxy) is 1. The number of carbonyl (C=O) groups excluding carboxylic acids is 2. The standard InChI is InChI=1S/C22H23FN4O3S/c1-14-10-15(2)12-17(11-14)27-9-8-24-22(27)31-13-20(28)25-26-21(29)16(3)30-19-7-5-4-6-18(19)23/h4-12,16H,13H2,1-3H3,(H,25,28)(H,26,29). The lowest BCUT2D eigenvalue weighted by atomic mass is 10.1. The summed E-state index contributed by atoms with van der Waals surface area (Å²) in [5, 5.41) is 0.655. The number of para-hydroxylation sites is 1. The molecule has 0 radical (unpaired) electrons. The summed E-state index contributed by atoms with van der Waals surface area (Å²) in [6.07, 6.45) is 2.51. The summed E-state index contributed by atoms with van der Waals surface area (Å²) in [6, 6.07) is 11.9. The molecule has 162 valence electrons. The number of hydrogen-bond acceptors (Lipinski definition) is 5. The number of carbonyl (C=O) groups is 2. The minimum atomic E-state index is -0.992. The molecule has 31 heavy (non-hydrogen) atoms. The molecule has 0 aliphatic heterocycles. The number of rotatable bonds is 7. The zero-order valence-corrected chi connectivity index (χ0v) is 18.2. The van der Waals surface area contributed by atoms with Gasteiger partial charge < -0.3 is 4.74 Å². The summed E-state index contributed by atoms with van der Waals surface area (Å²) < 4.78 is 20.8. The molecule has 1 atom stereocenters. The number of thioether (sulfide) groups is 1. The Hall–Kier alpha value is -3.33. The molecule has 1 aromatic heterocycles. The molecule has 3 rings (SSSR count). The third-order valence-corrected chi connectivity index (χ3v) is 5.23. The Morgan fingerprint density at radius 3 is 2.58 bits per heavy atom. The van der Waals surface area contributed by atoms with Crippen LogP contribution in [0.25, 0.3) is 5.69 Å². The number of amides is 2. The average Bonchev–Trinajstić information content (AvgIpc) is 3.20. The van der Waals surface area contributed by atoms with Crippen molar-refractivity contribution in [3.05, 3.63) is 71.8 Å². The van der Waals surface area contributed by atoms with E-state index < -0.39 is 23.7 Å². The third kappa shape index (κ3) is 6.08. The normalized spacial score (nSPS) is 11.6. The van der Waals surface area contributed by atoms with E-state index in [4.69, 9.17) is 4.74 Å². The van der Waals surface area contributed by atoms with Crippen molar-refractivity contribution in [3.8, 4) is 11.4 Å². The minimum absolute atomic E-state index is 0.0368. The Morgan fingerprint density at radius 1 is 1.16 bits per heavy atom. The van der Waals surface area contributed by atoms with Crippen LogP contribution in [-0.4, -0.2) is 33.2 Å². The van der Waals surface area contributed by atoms with Crippen LogP contribution >= 0.6 is 11.8 Å². The van der Waals surface area contributed by atoms with Gasteiger partial charge in [-0.25, -0.2) is 9.37 Å². The van der Waals surface area contributed by atoms with Crippen molar-refractivity contribution >= 4 is 23.6 Å². The fourth-order valence-electron chi connectivity index (χ4n) is 2.87. The Balaban J connectivity index is 1.50. The van der Waals surface area contributed by atoms with Gasteiger partial charge in [-0.15, -0.1) is 0 Å². The van der Waals surface area contributed by atoms with Crippen molar-refractivity contribution in [1.29, 1.82) is 0 Å². The van der Waals surface area contributed by atoms with Crippen LogP contribution in [0.4, 0.5) is 4.39 Å². The lowest BCUT2D eigenvalue weighted by Gasteiger charge is -2.15. The largest absolute Gasteiger partial charge is 0.478 e. The lowest BCUT2D eigenvalue weighted by molar-refractivity contribution is -0.132. The van der Waals surface area contributed by atoms with Gasteiger partial charge in [0, 0.05) is 18.1 Å². The Labute approximate surface area is 184 Å². The molecule has 0 aliphatic carbocycles. The average molecular weight is 443 g/mol. The van der Waals surface area contributed by atoms with E-state index in [2.05, 4.69) is 21.9 Å². The SMILES string of the molecule is Cc1cc(C)cc(-n2ccnc2SCC(=O)NNC(=O)C(C)Oc2ccccc2F)c1. The monoisotopic (exact) mass is 442 g/mol. The molecule has 0 saturated carbocycles. The summed E-state index contributed by atoms with van der Waals surface area (Å²) >= 11 is 1.24. The van der Waals surface area contributed by atoms with Gasteiger partial charge in [-0.05, 0) is 56.2 Å². The quantitative estimate of drug-likeness (QED) is 0.433. The predicted molar refractivity (Wildman–Crippen MR) is 117 cm³/mol. The number of halogens is 1. The zero-order chi connectivity index (χ0) is 22.4. The molecular weight excluding hydrogens is 419 g/mol. The maximum absolute atomic E-state index is 13.6. The fourth-order valence-corrected chi connectivity index (χ4v) is 3.64. The van der Waals surface area contributed by atoms with Gasteiger partial charge in [0.05, 0.1) is 5.75 Å². The second-order valence-corrected chi connectivity index (χ2v) is 7.88. The van der Waals surface area contributed by atoms with Crippen molar-refractivity contribution in [2.45, 2.75) is 32.0 Å². The van der Waals surface area contributed by atoms with Crippen LogP contribution in [0, 0.1) is 19.7 Å². The molecular formula is C22H23FN4O3S. The van der Waals surface area contributed by atoms with E-state index in [1.165, 1.54) is 36.9 Å².